The number of anilines is 1. The highest BCUT2D eigenvalue weighted by atomic mass is 16.3. The van der Waals surface area contributed by atoms with Gasteiger partial charge in [0.1, 0.15) is 0 Å². The van der Waals surface area contributed by atoms with E-state index in [9.17, 15) is 19.5 Å². The lowest BCUT2D eigenvalue weighted by Gasteiger charge is -2.07. The van der Waals surface area contributed by atoms with Crippen LogP contribution < -0.4 is 5.32 Å². The lowest BCUT2D eigenvalue weighted by atomic mass is 10.0. The van der Waals surface area contributed by atoms with Gasteiger partial charge in [-0.1, -0.05) is 24.3 Å². The predicted octanol–water partition coefficient (Wildman–Crippen LogP) is 3.69. The first-order chi connectivity index (χ1) is 14.9. The molecule has 0 aliphatic heterocycles. The lowest BCUT2D eigenvalue weighted by molar-refractivity contribution is 0.102. The summed E-state index contributed by atoms with van der Waals surface area (Å²) < 4.78 is 1.69. The van der Waals surface area contributed by atoms with Crippen LogP contribution in [-0.4, -0.2) is 37.8 Å². The second kappa shape index (κ2) is 7.91. The molecule has 0 aliphatic carbocycles. The molecule has 156 valence electrons. The first-order valence-corrected chi connectivity index (χ1v) is 9.71. The molecular formula is C23H20N4O4. The zero-order valence-corrected chi connectivity index (χ0v) is 17.0. The third kappa shape index (κ3) is 3.71. The van der Waals surface area contributed by atoms with Crippen molar-refractivity contribution in [3.05, 3.63) is 76.6 Å². The number of benzene rings is 2. The number of aldehydes is 1. The fourth-order valence-corrected chi connectivity index (χ4v) is 3.47. The number of fused-ring (bicyclic) bond motifs is 1. The van der Waals surface area contributed by atoms with Gasteiger partial charge in [0.15, 0.2) is 17.9 Å². The molecular weight excluding hydrogens is 396 g/mol. The summed E-state index contributed by atoms with van der Waals surface area (Å²) in [5, 5.41) is 17.4. The van der Waals surface area contributed by atoms with Gasteiger partial charge in [0.05, 0.1) is 16.8 Å². The molecule has 2 heterocycles. The predicted molar refractivity (Wildman–Crippen MR) is 116 cm³/mol. The number of hydrogen-bond acceptors (Lipinski definition) is 5. The molecule has 0 spiro atoms. The van der Waals surface area contributed by atoms with Gasteiger partial charge in [-0.2, -0.15) is 5.10 Å². The number of aryl methyl sites for hydroxylation is 2. The Morgan fingerprint density at radius 2 is 1.97 bits per heavy atom. The zero-order valence-electron chi connectivity index (χ0n) is 17.0. The maximum Gasteiger partial charge on any atom is 0.259 e. The number of aromatic nitrogens is 3. The molecule has 0 saturated heterocycles. The number of hydrogen-bond donors (Lipinski definition) is 3. The Morgan fingerprint density at radius 1 is 1.19 bits per heavy atom. The first-order valence-electron chi connectivity index (χ1n) is 9.71. The minimum Gasteiger partial charge on any atom is -0.494 e. The monoisotopic (exact) mass is 416 g/mol. The third-order valence-electron chi connectivity index (χ3n) is 5.10. The Bertz CT molecular complexity index is 1330. The van der Waals surface area contributed by atoms with Crippen LogP contribution in [0.3, 0.4) is 0 Å². The topological polar surface area (TPSA) is 117 Å². The van der Waals surface area contributed by atoms with Crippen molar-refractivity contribution < 1.29 is 19.5 Å². The first kappa shape index (κ1) is 20.1. The molecule has 0 atom stereocenters. The molecule has 2 aromatic heterocycles. The summed E-state index contributed by atoms with van der Waals surface area (Å²) in [5.74, 6) is -0.790. The molecule has 31 heavy (non-hydrogen) atoms. The minimum absolute atomic E-state index is 0.153. The van der Waals surface area contributed by atoms with Crippen LogP contribution in [0.1, 0.15) is 49.3 Å². The molecule has 8 nitrogen and oxygen atoms in total. The molecule has 3 N–H and O–H groups in total. The molecule has 0 fully saturated rings. The number of nitrogens with one attached hydrogen (secondary N) is 2. The fourth-order valence-electron chi connectivity index (χ4n) is 3.47. The van der Waals surface area contributed by atoms with Gasteiger partial charge in [0.2, 0.25) is 0 Å². The summed E-state index contributed by atoms with van der Waals surface area (Å²) in [6, 6.07) is 11.4. The van der Waals surface area contributed by atoms with Crippen LogP contribution in [0.4, 0.5) is 5.69 Å². The van der Waals surface area contributed by atoms with Crippen LogP contribution in [0.2, 0.25) is 0 Å². The van der Waals surface area contributed by atoms with Crippen molar-refractivity contribution in [2.45, 2.75) is 20.4 Å². The van der Waals surface area contributed by atoms with Crippen molar-refractivity contribution >= 4 is 34.6 Å². The average Bonchev–Trinajstić information content (AvgIpc) is 3.31. The number of rotatable bonds is 6. The van der Waals surface area contributed by atoms with Gasteiger partial charge in [0.25, 0.3) is 5.91 Å². The van der Waals surface area contributed by atoms with E-state index in [1.807, 2.05) is 6.92 Å². The maximum atomic E-state index is 13.0. The number of ketones is 1. The molecule has 0 saturated carbocycles. The van der Waals surface area contributed by atoms with E-state index in [4.69, 9.17) is 0 Å². The number of nitrogens with zero attached hydrogens (tertiary/aromatic N) is 2. The van der Waals surface area contributed by atoms with Crippen molar-refractivity contribution in [3.63, 3.8) is 0 Å². The second-order valence-electron chi connectivity index (χ2n) is 7.11. The van der Waals surface area contributed by atoms with Crippen molar-refractivity contribution in [3.8, 4) is 5.88 Å². The Hall–Kier alpha value is -4.20. The summed E-state index contributed by atoms with van der Waals surface area (Å²) in [7, 11) is 0. The van der Waals surface area contributed by atoms with Gasteiger partial charge in [-0.05, 0) is 32.0 Å². The fraction of sp³-hybridized carbons (Fsp3) is 0.130. The average molecular weight is 416 g/mol. The molecule has 4 rings (SSSR count). The van der Waals surface area contributed by atoms with Gasteiger partial charge in [0, 0.05) is 40.5 Å². The normalized spacial score (nSPS) is 10.9. The summed E-state index contributed by atoms with van der Waals surface area (Å²) >= 11 is 0. The van der Waals surface area contributed by atoms with Crippen molar-refractivity contribution in [1.82, 2.24) is 14.8 Å². The van der Waals surface area contributed by atoms with Crippen LogP contribution in [0, 0.1) is 6.92 Å². The highest BCUT2D eigenvalue weighted by molar-refractivity contribution is 6.12. The Labute approximate surface area is 177 Å². The smallest absolute Gasteiger partial charge is 0.259 e. The quantitative estimate of drug-likeness (QED) is 0.327. The molecule has 8 heteroatoms. The highest BCUT2D eigenvalue weighted by Gasteiger charge is 2.16. The Morgan fingerprint density at radius 3 is 2.68 bits per heavy atom. The van der Waals surface area contributed by atoms with Crippen LogP contribution >= 0.6 is 0 Å². The summed E-state index contributed by atoms with van der Waals surface area (Å²) in [6.07, 6.45) is 2.25. The number of carbonyl (C=O) groups is 3. The van der Waals surface area contributed by atoms with E-state index in [2.05, 4.69) is 15.4 Å². The molecule has 0 bridgehead atoms. The van der Waals surface area contributed by atoms with Crippen molar-refractivity contribution in [1.29, 1.82) is 0 Å². The molecule has 1 amide bonds. The molecule has 4 aromatic rings. The summed E-state index contributed by atoms with van der Waals surface area (Å²) in [5.41, 5.74) is 3.00. The van der Waals surface area contributed by atoms with Gasteiger partial charge in [-0.15, -0.1) is 0 Å². The number of amides is 1. The van der Waals surface area contributed by atoms with E-state index in [1.54, 1.807) is 60.3 Å². The van der Waals surface area contributed by atoms with E-state index < -0.39 is 0 Å². The number of aromatic hydroxyl groups is 1. The van der Waals surface area contributed by atoms with Crippen LogP contribution in [0.25, 0.3) is 10.9 Å². The second-order valence-corrected chi connectivity index (χ2v) is 7.11. The number of H-pyrrole nitrogens is 1. The van der Waals surface area contributed by atoms with E-state index in [0.717, 1.165) is 0 Å². The van der Waals surface area contributed by atoms with Gasteiger partial charge in [-0.25, -0.2) is 0 Å². The number of carbonyl (C=O) groups excluding carboxylic acids is 3. The van der Waals surface area contributed by atoms with E-state index >= 15 is 0 Å². The lowest BCUT2D eigenvalue weighted by Crippen LogP contribution is -2.13. The minimum atomic E-state index is -0.300. The van der Waals surface area contributed by atoms with Crippen LogP contribution in [0.5, 0.6) is 5.88 Å². The van der Waals surface area contributed by atoms with E-state index in [-0.39, 0.29) is 23.1 Å². The third-order valence-corrected chi connectivity index (χ3v) is 5.10. The Balaban J connectivity index is 1.59. The summed E-state index contributed by atoms with van der Waals surface area (Å²) in [6.45, 7) is 4.37. The SMILES string of the molecule is CCn1cc(C(=O)Nc2cccc(C(=O)c3ccc4c(C=O)c(O)[nH]c4c3)c2)c(C)n1. The largest absolute Gasteiger partial charge is 0.494 e. The molecule has 2 aromatic carbocycles. The highest BCUT2D eigenvalue weighted by Crippen LogP contribution is 2.27. The van der Waals surface area contributed by atoms with Gasteiger partial charge < -0.3 is 15.4 Å². The van der Waals surface area contributed by atoms with Crippen molar-refractivity contribution in [2.24, 2.45) is 0 Å². The van der Waals surface area contributed by atoms with E-state index in [1.165, 1.54) is 0 Å². The zero-order chi connectivity index (χ0) is 22.1. The van der Waals surface area contributed by atoms with Crippen LogP contribution in [-0.2, 0) is 6.54 Å². The van der Waals surface area contributed by atoms with Gasteiger partial charge >= 0.3 is 0 Å². The van der Waals surface area contributed by atoms with E-state index in [0.29, 0.717) is 51.8 Å². The number of aromatic amines is 1. The van der Waals surface area contributed by atoms with Crippen LogP contribution in [0.15, 0.2) is 48.7 Å². The maximum absolute atomic E-state index is 13.0. The molecule has 0 radical (unpaired) electrons. The molecule has 0 aliphatic rings. The standard InChI is InChI=1S/C23H20N4O4/c1-3-27-11-18(13(2)26-27)22(30)24-16-6-4-5-14(9-16)21(29)15-7-8-17-19(12-28)23(31)25-20(17)10-15/h4-12,25,31H,3H2,1-2H3,(H,24,30). The van der Waals surface area contributed by atoms with Gasteiger partial charge in [-0.3, -0.25) is 19.1 Å². The van der Waals surface area contributed by atoms with Crippen molar-refractivity contribution in [2.75, 3.05) is 5.32 Å². The Kier molecular flexibility index (Phi) is 5.12. The molecule has 0 unspecified atom stereocenters. The summed E-state index contributed by atoms with van der Waals surface area (Å²) in [4.78, 5) is 39.4.